The summed E-state index contributed by atoms with van der Waals surface area (Å²) in [6, 6.07) is 1.11. The molecule has 21 heavy (non-hydrogen) atoms. The SMILES string of the molecule is Cc1nc(CCNS(=O)(=O)c2cc(C(=O)O)sc2Br)no1. The summed E-state index contributed by atoms with van der Waals surface area (Å²) in [4.78, 5) is 14.6. The van der Waals surface area contributed by atoms with Crippen LogP contribution in [0.4, 0.5) is 0 Å². The lowest BCUT2D eigenvalue weighted by atomic mass is 10.4. The van der Waals surface area contributed by atoms with Crippen LogP contribution in [0.2, 0.25) is 0 Å². The number of carboxylic acids is 1. The Balaban J connectivity index is 2.06. The fraction of sp³-hybridized carbons (Fsp3) is 0.300. The number of thiophene rings is 1. The smallest absolute Gasteiger partial charge is 0.345 e. The Morgan fingerprint density at radius 1 is 1.57 bits per heavy atom. The molecule has 0 radical (unpaired) electrons. The molecular weight excluding hydrogens is 386 g/mol. The van der Waals surface area contributed by atoms with Crippen LogP contribution >= 0.6 is 27.3 Å². The van der Waals surface area contributed by atoms with Gasteiger partial charge in [-0.05, 0) is 22.0 Å². The van der Waals surface area contributed by atoms with Gasteiger partial charge in [0.2, 0.25) is 15.9 Å². The normalized spacial score (nSPS) is 11.7. The van der Waals surface area contributed by atoms with Gasteiger partial charge in [-0.15, -0.1) is 11.3 Å². The van der Waals surface area contributed by atoms with Crippen LogP contribution in [0.25, 0.3) is 0 Å². The van der Waals surface area contributed by atoms with Gasteiger partial charge in [0.15, 0.2) is 5.82 Å². The molecule has 0 aliphatic rings. The number of aromatic carboxylic acids is 1. The van der Waals surface area contributed by atoms with Crippen LogP contribution in [0.15, 0.2) is 19.3 Å². The van der Waals surface area contributed by atoms with E-state index >= 15 is 0 Å². The maximum absolute atomic E-state index is 12.1. The predicted molar refractivity (Wildman–Crippen MR) is 76.9 cm³/mol. The molecule has 8 nitrogen and oxygen atoms in total. The van der Waals surface area contributed by atoms with Crippen molar-refractivity contribution in [1.82, 2.24) is 14.9 Å². The van der Waals surface area contributed by atoms with Crippen molar-refractivity contribution >= 4 is 43.3 Å². The molecule has 11 heteroatoms. The van der Waals surface area contributed by atoms with E-state index in [0.717, 1.165) is 17.4 Å². The van der Waals surface area contributed by atoms with Crippen LogP contribution in [-0.2, 0) is 16.4 Å². The summed E-state index contributed by atoms with van der Waals surface area (Å²) in [6.07, 6.45) is 0.268. The molecule has 0 saturated carbocycles. The molecule has 2 heterocycles. The van der Waals surface area contributed by atoms with E-state index < -0.39 is 16.0 Å². The zero-order valence-electron chi connectivity index (χ0n) is 10.7. The van der Waals surface area contributed by atoms with Gasteiger partial charge in [-0.25, -0.2) is 17.9 Å². The lowest BCUT2D eigenvalue weighted by molar-refractivity contribution is 0.0702. The first kappa shape index (κ1) is 16.1. The molecule has 0 saturated heterocycles. The van der Waals surface area contributed by atoms with Crippen LogP contribution in [-0.4, -0.2) is 36.2 Å². The summed E-state index contributed by atoms with van der Waals surface area (Å²) in [5, 5.41) is 12.5. The summed E-state index contributed by atoms with van der Waals surface area (Å²) < 4.78 is 31.6. The third kappa shape index (κ3) is 3.87. The Hall–Kier alpha value is -1.30. The monoisotopic (exact) mass is 395 g/mol. The van der Waals surface area contributed by atoms with Crippen LogP contribution in [0.5, 0.6) is 0 Å². The van der Waals surface area contributed by atoms with Crippen molar-refractivity contribution in [3.05, 3.63) is 26.4 Å². The highest BCUT2D eigenvalue weighted by atomic mass is 79.9. The number of nitrogens with zero attached hydrogens (tertiary/aromatic N) is 2. The number of carboxylic acid groups (broad SMARTS) is 1. The number of rotatable bonds is 6. The molecule has 2 aromatic heterocycles. The van der Waals surface area contributed by atoms with E-state index in [9.17, 15) is 13.2 Å². The molecule has 0 aromatic carbocycles. The Labute approximate surface area is 132 Å². The van der Waals surface area contributed by atoms with Gasteiger partial charge in [0.25, 0.3) is 0 Å². The Morgan fingerprint density at radius 2 is 2.29 bits per heavy atom. The Morgan fingerprint density at radius 3 is 2.81 bits per heavy atom. The van der Waals surface area contributed by atoms with Gasteiger partial charge in [0.1, 0.15) is 9.77 Å². The Kier molecular flexibility index (Phi) is 4.76. The number of halogens is 1. The van der Waals surface area contributed by atoms with Gasteiger partial charge in [-0.3, -0.25) is 0 Å². The van der Waals surface area contributed by atoms with E-state index in [2.05, 4.69) is 30.8 Å². The van der Waals surface area contributed by atoms with Crippen molar-refractivity contribution in [2.75, 3.05) is 6.54 Å². The zero-order chi connectivity index (χ0) is 15.6. The molecule has 0 spiro atoms. The first-order valence-corrected chi connectivity index (χ1v) is 8.70. The van der Waals surface area contributed by atoms with Gasteiger partial charge in [0, 0.05) is 19.9 Å². The van der Waals surface area contributed by atoms with Crippen molar-refractivity contribution in [2.45, 2.75) is 18.2 Å². The number of aromatic nitrogens is 2. The predicted octanol–water partition coefficient (Wildman–Crippen LogP) is 1.42. The van der Waals surface area contributed by atoms with E-state index in [4.69, 9.17) is 9.63 Å². The fourth-order valence-corrected chi connectivity index (χ4v) is 4.89. The van der Waals surface area contributed by atoms with Crippen molar-refractivity contribution in [2.24, 2.45) is 0 Å². The minimum Gasteiger partial charge on any atom is -0.477 e. The van der Waals surface area contributed by atoms with Crippen LogP contribution in [0, 0.1) is 6.92 Å². The van der Waals surface area contributed by atoms with Crippen molar-refractivity contribution in [3.8, 4) is 0 Å². The Bertz CT molecular complexity index is 768. The van der Waals surface area contributed by atoms with Crippen molar-refractivity contribution < 1.29 is 22.8 Å². The van der Waals surface area contributed by atoms with Gasteiger partial charge in [-0.1, -0.05) is 5.16 Å². The summed E-state index contributed by atoms with van der Waals surface area (Å²) >= 11 is 3.90. The number of aryl methyl sites for hydroxylation is 1. The van der Waals surface area contributed by atoms with Crippen LogP contribution in [0.1, 0.15) is 21.4 Å². The zero-order valence-corrected chi connectivity index (χ0v) is 13.9. The summed E-state index contributed by atoms with van der Waals surface area (Å²) in [5.74, 6) is -0.380. The fourth-order valence-electron chi connectivity index (χ4n) is 1.46. The molecule has 114 valence electrons. The molecule has 0 amide bonds. The first-order chi connectivity index (χ1) is 9.79. The second kappa shape index (κ2) is 6.22. The van der Waals surface area contributed by atoms with Crippen molar-refractivity contribution in [1.29, 1.82) is 0 Å². The van der Waals surface area contributed by atoms with Gasteiger partial charge in [-0.2, -0.15) is 4.98 Å². The van der Waals surface area contributed by atoms with Crippen molar-refractivity contribution in [3.63, 3.8) is 0 Å². The maximum Gasteiger partial charge on any atom is 0.345 e. The molecule has 2 aromatic rings. The molecule has 2 rings (SSSR count). The van der Waals surface area contributed by atoms with E-state index in [1.54, 1.807) is 6.92 Å². The standard InChI is InChI=1S/C10H10BrN3O5S2/c1-5-13-8(14-19-5)2-3-12-21(17,18)7-4-6(10(15)16)20-9(7)11/h4,12H,2-3H2,1H3,(H,15,16). The van der Waals surface area contributed by atoms with E-state index in [1.165, 1.54) is 0 Å². The summed E-state index contributed by atoms with van der Waals surface area (Å²) in [5.41, 5.74) is 0. The highest BCUT2D eigenvalue weighted by Crippen LogP contribution is 2.31. The first-order valence-electron chi connectivity index (χ1n) is 5.61. The molecule has 0 fully saturated rings. The number of nitrogens with one attached hydrogen (secondary N) is 1. The lowest BCUT2D eigenvalue weighted by Gasteiger charge is -2.03. The number of carbonyl (C=O) groups is 1. The van der Waals surface area contributed by atoms with Gasteiger partial charge >= 0.3 is 5.97 Å². The highest BCUT2D eigenvalue weighted by Gasteiger charge is 2.22. The van der Waals surface area contributed by atoms with Gasteiger partial charge in [0.05, 0.1) is 3.79 Å². The molecule has 0 atom stereocenters. The average molecular weight is 396 g/mol. The third-order valence-electron chi connectivity index (χ3n) is 2.37. The number of hydrogen-bond acceptors (Lipinski definition) is 7. The minimum absolute atomic E-state index is 0.0592. The van der Waals surface area contributed by atoms with Gasteiger partial charge < -0.3 is 9.63 Å². The van der Waals surface area contributed by atoms with Crippen LogP contribution < -0.4 is 4.72 Å². The molecule has 0 bridgehead atoms. The molecular formula is C10H10BrN3O5S2. The summed E-state index contributed by atoms with van der Waals surface area (Å²) in [7, 11) is -3.80. The van der Waals surface area contributed by atoms with Crippen LogP contribution in [0.3, 0.4) is 0 Å². The average Bonchev–Trinajstić information content (AvgIpc) is 2.96. The number of hydrogen-bond donors (Lipinski definition) is 2. The topological polar surface area (TPSA) is 122 Å². The quantitative estimate of drug-likeness (QED) is 0.757. The highest BCUT2D eigenvalue weighted by molar-refractivity contribution is 9.11. The molecule has 2 N–H and O–H groups in total. The lowest BCUT2D eigenvalue weighted by Crippen LogP contribution is -2.26. The minimum atomic E-state index is -3.80. The molecule has 0 aliphatic carbocycles. The maximum atomic E-state index is 12.1. The molecule has 0 aliphatic heterocycles. The van der Waals surface area contributed by atoms with E-state index in [1.807, 2.05) is 0 Å². The second-order valence-electron chi connectivity index (χ2n) is 3.93. The summed E-state index contributed by atoms with van der Waals surface area (Å²) in [6.45, 7) is 1.71. The third-order valence-corrected chi connectivity index (χ3v) is 6.07. The van der Waals surface area contributed by atoms with E-state index in [0.29, 0.717) is 11.7 Å². The largest absolute Gasteiger partial charge is 0.477 e. The number of sulfonamides is 1. The second-order valence-corrected chi connectivity index (χ2v) is 8.04. The van der Waals surface area contributed by atoms with E-state index in [-0.39, 0.29) is 26.5 Å². The molecule has 0 unspecified atom stereocenters.